The Hall–Kier alpha value is -1.45. The van der Waals surface area contributed by atoms with Gasteiger partial charge in [0.25, 0.3) is 0 Å². The SMILES string of the molecule is NCCCCC(Nc1cnn(COP(=O)(O)O)c1)C(=O)O. The van der Waals surface area contributed by atoms with Crippen molar-refractivity contribution < 1.29 is 28.8 Å². The van der Waals surface area contributed by atoms with E-state index in [1.54, 1.807) is 0 Å². The summed E-state index contributed by atoms with van der Waals surface area (Å²) in [5.41, 5.74) is 5.78. The molecule has 0 aliphatic carbocycles. The average Bonchev–Trinajstić information content (AvgIpc) is 2.82. The molecule has 0 aromatic carbocycles. The van der Waals surface area contributed by atoms with Crippen LogP contribution in [0.25, 0.3) is 0 Å². The molecule has 120 valence electrons. The lowest BCUT2D eigenvalue weighted by molar-refractivity contribution is -0.138. The molecule has 0 amide bonds. The van der Waals surface area contributed by atoms with Gasteiger partial charge >= 0.3 is 13.8 Å². The summed E-state index contributed by atoms with van der Waals surface area (Å²) in [6.45, 7) is 0.0703. The molecule has 0 saturated carbocycles. The van der Waals surface area contributed by atoms with Gasteiger partial charge in [-0.1, -0.05) is 0 Å². The van der Waals surface area contributed by atoms with Gasteiger partial charge in [0.15, 0.2) is 6.73 Å². The number of hydrogen-bond donors (Lipinski definition) is 5. The Balaban J connectivity index is 2.54. The molecule has 1 unspecified atom stereocenters. The molecule has 21 heavy (non-hydrogen) atoms. The van der Waals surface area contributed by atoms with Crippen LogP contribution >= 0.6 is 7.82 Å². The number of nitrogens with zero attached hydrogens (tertiary/aromatic N) is 2. The summed E-state index contributed by atoms with van der Waals surface area (Å²) in [7, 11) is -4.57. The maximum atomic E-state index is 11.1. The smallest absolute Gasteiger partial charge is 0.471 e. The third kappa shape index (κ3) is 7.21. The normalized spacial score (nSPS) is 13.1. The molecule has 10 nitrogen and oxygen atoms in total. The summed E-state index contributed by atoms with van der Waals surface area (Å²) in [5.74, 6) is -0.994. The molecule has 0 radical (unpaired) electrons. The lowest BCUT2D eigenvalue weighted by atomic mass is 10.1. The van der Waals surface area contributed by atoms with Gasteiger partial charge in [0.1, 0.15) is 6.04 Å². The van der Waals surface area contributed by atoms with Crippen molar-refractivity contribution >= 4 is 19.5 Å². The molecule has 6 N–H and O–H groups in total. The Morgan fingerprint density at radius 2 is 2.24 bits per heavy atom. The zero-order valence-electron chi connectivity index (χ0n) is 11.3. The van der Waals surface area contributed by atoms with E-state index in [9.17, 15) is 9.36 Å². The van der Waals surface area contributed by atoms with E-state index in [1.165, 1.54) is 12.4 Å². The number of aliphatic carboxylic acids is 1. The molecular weight excluding hydrogens is 303 g/mol. The summed E-state index contributed by atoms with van der Waals surface area (Å²) in [6.07, 6.45) is 4.57. The summed E-state index contributed by atoms with van der Waals surface area (Å²) in [5, 5.41) is 15.7. The zero-order chi connectivity index (χ0) is 15.9. The number of phosphoric ester groups is 1. The van der Waals surface area contributed by atoms with E-state index in [0.717, 1.165) is 11.1 Å². The van der Waals surface area contributed by atoms with E-state index < -0.39 is 26.6 Å². The minimum atomic E-state index is -4.57. The second kappa shape index (κ2) is 8.11. The predicted octanol–water partition coefficient (Wildman–Crippen LogP) is -0.0560. The van der Waals surface area contributed by atoms with Crippen LogP contribution in [0.4, 0.5) is 5.69 Å². The number of carboxylic acids is 1. The van der Waals surface area contributed by atoms with Gasteiger partial charge < -0.3 is 25.9 Å². The van der Waals surface area contributed by atoms with E-state index in [0.29, 0.717) is 25.1 Å². The van der Waals surface area contributed by atoms with Crippen molar-refractivity contribution in [2.45, 2.75) is 32.0 Å². The fourth-order valence-electron chi connectivity index (χ4n) is 1.59. The number of rotatable bonds is 10. The van der Waals surface area contributed by atoms with E-state index in [2.05, 4.69) is 14.9 Å². The molecule has 0 saturated heterocycles. The number of nitrogens with two attached hydrogens (primary N) is 1. The molecule has 11 heteroatoms. The zero-order valence-corrected chi connectivity index (χ0v) is 12.1. The lowest BCUT2D eigenvalue weighted by Gasteiger charge is -2.13. The van der Waals surface area contributed by atoms with E-state index in [1.807, 2.05) is 0 Å². The Labute approximate surface area is 121 Å². The van der Waals surface area contributed by atoms with Gasteiger partial charge in [-0.3, -0.25) is 4.52 Å². The molecule has 1 aromatic heterocycles. The maximum Gasteiger partial charge on any atom is 0.471 e. The van der Waals surface area contributed by atoms with Crippen LogP contribution in [-0.4, -0.2) is 43.2 Å². The van der Waals surface area contributed by atoms with Crippen LogP contribution in [0.3, 0.4) is 0 Å². The van der Waals surface area contributed by atoms with Crippen molar-refractivity contribution in [1.29, 1.82) is 0 Å². The van der Waals surface area contributed by atoms with Gasteiger partial charge in [0, 0.05) is 0 Å². The Morgan fingerprint density at radius 1 is 1.52 bits per heavy atom. The first-order valence-corrected chi connectivity index (χ1v) is 7.77. The molecule has 0 bridgehead atoms. The second-order valence-corrected chi connectivity index (χ2v) is 5.58. The number of hydrogen-bond acceptors (Lipinski definition) is 6. The highest BCUT2D eigenvalue weighted by atomic mass is 31.2. The number of carbonyl (C=O) groups is 1. The van der Waals surface area contributed by atoms with Gasteiger partial charge in [0.2, 0.25) is 0 Å². The molecule has 1 rings (SSSR count). The third-order valence-electron chi connectivity index (χ3n) is 2.58. The number of aromatic nitrogens is 2. The predicted molar refractivity (Wildman–Crippen MR) is 73.3 cm³/mol. The van der Waals surface area contributed by atoms with Crippen molar-refractivity contribution in [3.8, 4) is 0 Å². The van der Waals surface area contributed by atoms with Crippen LogP contribution in [0.2, 0.25) is 0 Å². The molecule has 0 fully saturated rings. The highest BCUT2D eigenvalue weighted by Crippen LogP contribution is 2.36. The molecular formula is C10H19N4O6P. The van der Waals surface area contributed by atoms with Crippen molar-refractivity contribution in [2.75, 3.05) is 11.9 Å². The summed E-state index contributed by atoms with van der Waals surface area (Å²) >= 11 is 0. The van der Waals surface area contributed by atoms with Gasteiger partial charge in [-0.2, -0.15) is 5.10 Å². The standard InChI is InChI=1S/C10H19N4O6P/c11-4-2-1-3-9(10(15)16)13-8-5-12-14(6-8)7-20-21(17,18)19/h5-6,9,13H,1-4,7,11H2,(H,15,16)(H2,17,18,19). The van der Waals surface area contributed by atoms with Crippen molar-refractivity contribution in [1.82, 2.24) is 9.78 Å². The Morgan fingerprint density at radius 3 is 2.81 bits per heavy atom. The van der Waals surface area contributed by atoms with Gasteiger partial charge in [-0.15, -0.1) is 0 Å². The van der Waals surface area contributed by atoms with Crippen LogP contribution in [0.15, 0.2) is 12.4 Å². The molecule has 0 aliphatic heterocycles. The van der Waals surface area contributed by atoms with Crippen LogP contribution in [-0.2, 0) is 20.6 Å². The first-order chi connectivity index (χ1) is 9.81. The second-order valence-electron chi connectivity index (χ2n) is 4.34. The van der Waals surface area contributed by atoms with E-state index >= 15 is 0 Å². The number of nitrogens with one attached hydrogen (secondary N) is 1. The van der Waals surface area contributed by atoms with Gasteiger partial charge in [-0.25, -0.2) is 14.0 Å². The summed E-state index contributed by atoms with van der Waals surface area (Å²) in [6, 6.07) is -0.781. The van der Waals surface area contributed by atoms with Gasteiger partial charge in [0.05, 0.1) is 18.1 Å². The van der Waals surface area contributed by atoms with E-state index in [4.69, 9.17) is 20.6 Å². The minimum absolute atomic E-state index is 0.413. The van der Waals surface area contributed by atoms with Crippen molar-refractivity contribution in [3.63, 3.8) is 0 Å². The summed E-state index contributed by atoms with van der Waals surface area (Å²) in [4.78, 5) is 28.3. The number of unbranched alkanes of at least 4 members (excludes halogenated alkanes) is 1. The minimum Gasteiger partial charge on any atom is -0.480 e. The monoisotopic (exact) mass is 322 g/mol. The first kappa shape index (κ1) is 17.6. The average molecular weight is 322 g/mol. The fourth-order valence-corrected chi connectivity index (χ4v) is 1.86. The quantitative estimate of drug-likeness (QED) is 0.294. The molecule has 1 aromatic rings. The van der Waals surface area contributed by atoms with Gasteiger partial charge in [-0.05, 0) is 25.8 Å². The topological polar surface area (TPSA) is 160 Å². The molecule has 0 aliphatic rings. The maximum absolute atomic E-state index is 11.1. The molecule has 1 atom stereocenters. The lowest BCUT2D eigenvalue weighted by Crippen LogP contribution is -2.29. The largest absolute Gasteiger partial charge is 0.480 e. The fraction of sp³-hybridized carbons (Fsp3) is 0.600. The van der Waals surface area contributed by atoms with Crippen LogP contribution in [0, 0.1) is 0 Å². The van der Waals surface area contributed by atoms with Crippen LogP contribution in [0.1, 0.15) is 19.3 Å². The van der Waals surface area contributed by atoms with Crippen molar-refractivity contribution in [2.24, 2.45) is 5.73 Å². The summed E-state index contributed by atoms with van der Waals surface area (Å²) < 4.78 is 16.0. The van der Waals surface area contributed by atoms with Crippen LogP contribution in [0.5, 0.6) is 0 Å². The molecule has 1 heterocycles. The number of carboxylic acid groups (broad SMARTS) is 1. The Kier molecular flexibility index (Phi) is 6.79. The van der Waals surface area contributed by atoms with Crippen molar-refractivity contribution in [3.05, 3.63) is 12.4 Å². The number of phosphoric acid groups is 1. The number of anilines is 1. The van der Waals surface area contributed by atoms with E-state index in [-0.39, 0.29) is 0 Å². The third-order valence-corrected chi connectivity index (χ3v) is 3.03. The highest BCUT2D eigenvalue weighted by molar-refractivity contribution is 7.46. The van der Waals surface area contributed by atoms with Crippen LogP contribution < -0.4 is 11.1 Å². The Bertz CT molecular complexity index is 501. The highest BCUT2D eigenvalue weighted by Gasteiger charge is 2.18. The molecule has 0 spiro atoms. The first-order valence-electron chi connectivity index (χ1n) is 6.24.